The van der Waals surface area contributed by atoms with E-state index in [4.69, 9.17) is 5.11 Å². The van der Waals surface area contributed by atoms with Gasteiger partial charge < -0.3 is 14.9 Å². The lowest BCUT2D eigenvalue weighted by molar-refractivity contribution is 0.0651. The van der Waals surface area contributed by atoms with E-state index in [1.54, 1.807) is 11.3 Å². The van der Waals surface area contributed by atoms with E-state index in [9.17, 15) is 9.59 Å². The second-order valence-electron chi connectivity index (χ2n) is 3.64. The molecule has 1 amide bonds. The average Bonchev–Trinajstić information content (AvgIpc) is 2.94. The van der Waals surface area contributed by atoms with Crippen molar-refractivity contribution in [2.45, 2.75) is 13.5 Å². The molecule has 18 heavy (non-hydrogen) atoms. The van der Waals surface area contributed by atoms with Crippen LogP contribution in [0.3, 0.4) is 0 Å². The van der Waals surface area contributed by atoms with Crippen LogP contribution in [0.25, 0.3) is 0 Å². The molecule has 2 aromatic rings. The zero-order chi connectivity index (χ0) is 13.1. The van der Waals surface area contributed by atoms with Gasteiger partial charge in [0.15, 0.2) is 5.69 Å². The summed E-state index contributed by atoms with van der Waals surface area (Å²) in [4.78, 5) is 22.2. The van der Waals surface area contributed by atoms with E-state index in [2.05, 4.69) is 15.0 Å². The number of carboxylic acids is 1. The molecule has 0 fully saturated rings. The summed E-state index contributed by atoms with van der Waals surface area (Å²) in [5, 5.41) is 18.6. The van der Waals surface area contributed by atoms with Crippen molar-refractivity contribution in [2.75, 3.05) is 0 Å². The Labute approximate surface area is 106 Å². The van der Waals surface area contributed by atoms with Crippen molar-refractivity contribution in [3.05, 3.63) is 39.4 Å². The number of hydrogen-bond acceptors (Lipinski definition) is 5. The molecule has 2 aromatic heterocycles. The molecule has 0 unspecified atom stereocenters. The lowest BCUT2D eigenvalue weighted by atomic mass is 10.2. The van der Waals surface area contributed by atoms with Crippen LogP contribution in [0.1, 0.15) is 32.2 Å². The molecule has 0 aromatic carbocycles. The van der Waals surface area contributed by atoms with Crippen molar-refractivity contribution in [1.82, 2.24) is 10.5 Å². The second-order valence-corrected chi connectivity index (χ2v) is 4.39. The van der Waals surface area contributed by atoms with Gasteiger partial charge in [0.25, 0.3) is 5.91 Å². The van der Waals surface area contributed by atoms with Crippen molar-refractivity contribution in [3.63, 3.8) is 0 Å². The van der Waals surface area contributed by atoms with Crippen LogP contribution in [0.5, 0.6) is 0 Å². The Morgan fingerprint density at radius 3 is 2.83 bits per heavy atom. The normalized spacial score (nSPS) is 10.3. The van der Waals surface area contributed by atoms with Crippen LogP contribution in [0.4, 0.5) is 0 Å². The van der Waals surface area contributed by atoms with Gasteiger partial charge in [-0.15, -0.1) is 0 Å². The fourth-order valence-corrected chi connectivity index (χ4v) is 2.17. The third-order valence-corrected chi connectivity index (χ3v) is 3.26. The summed E-state index contributed by atoms with van der Waals surface area (Å²) in [5.41, 5.74) is 2.09. The number of aromatic nitrogens is 1. The Kier molecular flexibility index (Phi) is 3.42. The zero-order valence-electron chi connectivity index (χ0n) is 9.47. The Hall–Kier alpha value is -2.15. The van der Waals surface area contributed by atoms with Gasteiger partial charge in [-0.05, 0) is 28.8 Å². The van der Waals surface area contributed by atoms with E-state index >= 15 is 0 Å². The monoisotopic (exact) mass is 266 g/mol. The molecule has 0 saturated heterocycles. The molecule has 2 N–H and O–H groups in total. The second kappa shape index (κ2) is 5.01. The summed E-state index contributed by atoms with van der Waals surface area (Å²) >= 11 is 1.56. The van der Waals surface area contributed by atoms with Gasteiger partial charge >= 0.3 is 5.97 Å². The zero-order valence-corrected chi connectivity index (χ0v) is 10.3. The first kappa shape index (κ1) is 12.3. The summed E-state index contributed by atoms with van der Waals surface area (Å²) in [5.74, 6) is -2.07. The van der Waals surface area contributed by atoms with E-state index < -0.39 is 11.9 Å². The molecule has 0 spiro atoms. The van der Waals surface area contributed by atoms with E-state index in [1.165, 1.54) is 0 Å². The Morgan fingerprint density at radius 1 is 1.50 bits per heavy atom. The van der Waals surface area contributed by atoms with Crippen molar-refractivity contribution < 1.29 is 19.2 Å². The van der Waals surface area contributed by atoms with Crippen LogP contribution in [-0.4, -0.2) is 22.1 Å². The van der Waals surface area contributed by atoms with E-state index in [0.717, 1.165) is 17.2 Å². The average molecular weight is 266 g/mol. The molecule has 2 heterocycles. The quantitative estimate of drug-likeness (QED) is 0.878. The number of carboxylic acid groups (broad SMARTS) is 1. The maximum atomic E-state index is 11.7. The molecule has 0 aliphatic carbocycles. The number of thiophene rings is 1. The van der Waals surface area contributed by atoms with Crippen LogP contribution in [0.2, 0.25) is 0 Å². The minimum atomic E-state index is -1.25. The van der Waals surface area contributed by atoms with Crippen molar-refractivity contribution >= 4 is 23.2 Å². The molecule has 6 nitrogen and oxygen atoms in total. The largest absolute Gasteiger partial charge is 0.475 e. The molecule has 0 saturated carbocycles. The molecule has 0 bridgehead atoms. The van der Waals surface area contributed by atoms with Crippen molar-refractivity contribution in [1.29, 1.82) is 0 Å². The lowest BCUT2D eigenvalue weighted by Crippen LogP contribution is -2.23. The van der Waals surface area contributed by atoms with Crippen molar-refractivity contribution in [2.24, 2.45) is 0 Å². The molecule has 0 atom stereocenters. The van der Waals surface area contributed by atoms with Gasteiger partial charge in [0.05, 0.1) is 0 Å². The van der Waals surface area contributed by atoms with Crippen LogP contribution < -0.4 is 5.32 Å². The number of rotatable bonds is 4. The number of hydrogen-bond donors (Lipinski definition) is 2. The highest BCUT2D eigenvalue weighted by atomic mass is 32.1. The third kappa shape index (κ3) is 2.57. The highest BCUT2D eigenvalue weighted by molar-refractivity contribution is 7.08. The Morgan fingerprint density at radius 2 is 2.28 bits per heavy atom. The smallest absolute Gasteiger partial charge is 0.374 e. The third-order valence-electron chi connectivity index (χ3n) is 2.35. The van der Waals surface area contributed by atoms with Crippen LogP contribution >= 0.6 is 11.3 Å². The number of aromatic carboxylic acids is 1. The van der Waals surface area contributed by atoms with E-state index in [0.29, 0.717) is 6.54 Å². The fraction of sp³-hybridized carbons (Fsp3) is 0.182. The molecule has 2 rings (SSSR count). The molecule has 7 heteroatoms. The maximum Gasteiger partial charge on any atom is 0.374 e. The number of carbonyl (C=O) groups is 2. The Bertz CT molecular complexity index is 587. The number of carbonyl (C=O) groups excluding carboxylic acids is 1. The minimum Gasteiger partial charge on any atom is -0.475 e. The number of aryl methyl sites for hydroxylation is 1. The van der Waals surface area contributed by atoms with Gasteiger partial charge in [0.2, 0.25) is 5.76 Å². The Balaban J connectivity index is 1.99. The predicted octanol–water partition coefficient (Wildman–Crippen LogP) is 1.67. The summed E-state index contributed by atoms with van der Waals surface area (Å²) in [7, 11) is 0. The van der Waals surface area contributed by atoms with E-state index in [-0.39, 0.29) is 11.5 Å². The molecular weight excluding hydrogens is 256 g/mol. The first-order valence-corrected chi connectivity index (χ1v) is 6.02. The van der Waals surface area contributed by atoms with E-state index in [1.807, 2.05) is 17.7 Å². The van der Waals surface area contributed by atoms with Crippen LogP contribution in [0.15, 0.2) is 21.3 Å². The standard InChI is InChI=1S/C11H10N2O4S/c1-6-4-18-5-7(6)3-12-10(14)8-2-9(11(15)16)17-13-8/h2,4-5H,3H2,1H3,(H,12,14)(H,15,16). The summed E-state index contributed by atoms with van der Waals surface area (Å²) in [6.07, 6.45) is 0. The summed E-state index contributed by atoms with van der Waals surface area (Å²) < 4.78 is 4.50. The highest BCUT2D eigenvalue weighted by Gasteiger charge is 2.16. The fourth-order valence-electron chi connectivity index (χ4n) is 1.32. The van der Waals surface area contributed by atoms with Gasteiger partial charge in [-0.3, -0.25) is 4.79 Å². The molecule has 0 radical (unpaired) electrons. The maximum absolute atomic E-state index is 11.7. The van der Waals surface area contributed by atoms with Gasteiger partial charge in [-0.25, -0.2) is 4.79 Å². The SMILES string of the molecule is Cc1cscc1CNC(=O)c1cc(C(=O)O)on1. The first-order chi connectivity index (χ1) is 8.58. The minimum absolute atomic E-state index is 0.0414. The molecule has 94 valence electrons. The van der Waals surface area contributed by atoms with Gasteiger partial charge in [-0.1, -0.05) is 5.16 Å². The number of amides is 1. The van der Waals surface area contributed by atoms with Gasteiger partial charge in [0, 0.05) is 12.6 Å². The lowest BCUT2D eigenvalue weighted by Gasteiger charge is -2.01. The number of nitrogens with one attached hydrogen (secondary N) is 1. The number of nitrogens with zero attached hydrogens (tertiary/aromatic N) is 1. The van der Waals surface area contributed by atoms with Gasteiger partial charge in [0.1, 0.15) is 0 Å². The van der Waals surface area contributed by atoms with Crippen LogP contribution in [0, 0.1) is 6.92 Å². The van der Waals surface area contributed by atoms with Crippen molar-refractivity contribution in [3.8, 4) is 0 Å². The predicted molar refractivity (Wildman–Crippen MR) is 63.7 cm³/mol. The van der Waals surface area contributed by atoms with Gasteiger partial charge in [-0.2, -0.15) is 11.3 Å². The molecular formula is C11H10N2O4S. The summed E-state index contributed by atoms with van der Waals surface area (Å²) in [6.45, 7) is 2.33. The molecule has 0 aliphatic rings. The highest BCUT2D eigenvalue weighted by Crippen LogP contribution is 2.13. The topological polar surface area (TPSA) is 92.4 Å². The van der Waals surface area contributed by atoms with Crippen LogP contribution in [-0.2, 0) is 6.54 Å². The summed E-state index contributed by atoms with van der Waals surface area (Å²) in [6, 6.07) is 1.10. The molecule has 0 aliphatic heterocycles. The first-order valence-electron chi connectivity index (χ1n) is 5.08.